The molecule has 0 aliphatic heterocycles. The number of aromatic amines is 1. The Balaban J connectivity index is 1.67. The van der Waals surface area contributed by atoms with Gasteiger partial charge in [-0.2, -0.15) is 0 Å². The van der Waals surface area contributed by atoms with Crippen LogP contribution in [-0.4, -0.2) is 53.3 Å². The number of carbonyl (C=O) groups excluding carboxylic acids is 1. The minimum Gasteiger partial charge on any atom is -0.491 e. The van der Waals surface area contributed by atoms with Crippen molar-refractivity contribution < 1.29 is 9.53 Å². The second-order valence-corrected chi connectivity index (χ2v) is 7.41. The van der Waals surface area contributed by atoms with Crippen molar-refractivity contribution in [3.05, 3.63) is 64.2 Å². The lowest BCUT2D eigenvalue weighted by Gasteiger charge is -2.06. The molecule has 2 N–H and O–H groups in total. The first-order valence-corrected chi connectivity index (χ1v) is 9.85. The van der Waals surface area contributed by atoms with E-state index >= 15 is 0 Å². The highest BCUT2D eigenvalue weighted by Crippen LogP contribution is 2.28. The summed E-state index contributed by atoms with van der Waals surface area (Å²) in [6.45, 7) is 0. The molecule has 1 amide bonds. The van der Waals surface area contributed by atoms with Crippen molar-refractivity contribution in [1.29, 1.82) is 0 Å². The van der Waals surface area contributed by atoms with Crippen LogP contribution in [0.2, 0.25) is 10.0 Å². The average molecular weight is 459 g/mol. The number of fused-ring (bicyclic) bond motifs is 1. The number of allylic oxidation sites excluding steroid dienone is 2. The van der Waals surface area contributed by atoms with Gasteiger partial charge in [-0.3, -0.25) is 10.1 Å². The van der Waals surface area contributed by atoms with E-state index in [0.717, 1.165) is 16.6 Å². The highest BCUT2D eigenvalue weighted by atomic mass is 35.5. The summed E-state index contributed by atoms with van der Waals surface area (Å²) < 4.78 is 5.17. The van der Waals surface area contributed by atoms with Crippen LogP contribution in [0.5, 0.6) is 0 Å². The van der Waals surface area contributed by atoms with E-state index in [4.69, 9.17) is 27.9 Å². The van der Waals surface area contributed by atoms with Crippen molar-refractivity contribution >= 4 is 64.1 Å². The Morgan fingerprint density at radius 2 is 1.90 bits per heavy atom. The third-order valence-electron chi connectivity index (χ3n) is 3.95. The van der Waals surface area contributed by atoms with Gasteiger partial charge in [0.05, 0.1) is 35.9 Å². The molecule has 8 nitrogen and oxygen atoms in total. The van der Waals surface area contributed by atoms with Crippen LogP contribution in [0.1, 0.15) is 5.69 Å². The second kappa shape index (κ2) is 10.1. The second-order valence-electron chi connectivity index (χ2n) is 6.60. The van der Waals surface area contributed by atoms with Gasteiger partial charge in [0.15, 0.2) is 5.76 Å². The molecule has 0 spiro atoms. The fourth-order valence-corrected chi connectivity index (χ4v) is 2.85. The number of hydrogen-bond donors (Lipinski definition) is 2. The zero-order chi connectivity index (χ0) is 22.4. The molecule has 0 aliphatic rings. The van der Waals surface area contributed by atoms with Crippen molar-refractivity contribution in [2.75, 3.05) is 26.5 Å². The molecule has 0 saturated carbocycles. The molecule has 2 aromatic heterocycles. The molecule has 3 aromatic rings. The summed E-state index contributed by atoms with van der Waals surface area (Å²) in [5, 5.41) is 4.47. The van der Waals surface area contributed by atoms with Gasteiger partial charge in [0.2, 0.25) is 5.95 Å². The van der Waals surface area contributed by atoms with Crippen molar-refractivity contribution in [3.63, 3.8) is 0 Å². The molecule has 0 unspecified atom stereocenters. The van der Waals surface area contributed by atoms with Crippen molar-refractivity contribution in [1.82, 2.24) is 19.9 Å². The fraction of sp³-hybridized carbons (Fsp3) is 0.143. The van der Waals surface area contributed by atoms with Crippen molar-refractivity contribution in [2.45, 2.75) is 0 Å². The molecule has 0 radical (unpaired) electrons. The molecular weight excluding hydrogens is 439 g/mol. The van der Waals surface area contributed by atoms with Gasteiger partial charge in [0.25, 0.3) is 5.91 Å². The summed E-state index contributed by atoms with van der Waals surface area (Å²) in [6, 6.07) is 5.47. The Hall–Kier alpha value is -3.36. The van der Waals surface area contributed by atoms with E-state index in [1.807, 2.05) is 20.2 Å². The van der Waals surface area contributed by atoms with Crippen LogP contribution in [0.15, 0.2) is 53.5 Å². The fourth-order valence-electron chi connectivity index (χ4n) is 2.51. The Labute approximate surface area is 189 Å². The molecule has 3 rings (SSSR count). The number of nitrogens with zero attached hydrogens (tertiary/aromatic N) is 4. The van der Waals surface area contributed by atoms with Gasteiger partial charge in [0.1, 0.15) is 5.69 Å². The minimum absolute atomic E-state index is 0.0942. The number of aliphatic imine (C=N–C) groups is 1. The molecular formula is C21H20Cl2N6O2. The molecule has 1 aromatic carbocycles. The summed E-state index contributed by atoms with van der Waals surface area (Å²) in [7, 11) is 5.12. The predicted molar refractivity (Wildman–Crippen MR) is 125 cm³/mol. The largest absolute Gasteiger partial charge is 0.491 e. The third-order valence-corrected chi connectivity index (χ3v) is 4.67. The lowest BCUT2D eigenvalue weighted by Crippen LogP contribution is -2.17. The first kappa shape index (κ1) is 22.3. The molecule has 0 bridgehead atoms. The Bertz CT molecular complexity index is 1130. The van der Waals surface area contributed by atoms with Gasteiger partial charge in [0, 0.05) is 30.7 Å². The number of ether oxygens (including phenoxy) is 1. The van der Waals surface area contributed by atoms with Crippen LogP contribution in [0.4, 0.5) is 11.6 Å². The van der Waals surface area contributed by atoms with Gasteiger partial charge in [-0.05, 0) is 30.4 Å². The SMILES string of the molecule is CO/C(=C\C=C\c1cc2cc(Cl)c(Cl)cc2[nH]1)C(=O)Nc1ncc(N=CN(C)C)cn1. The van der Waals surface area contributed by atoms with Gasteiger partial charge < -0.3 is 14.6 Å². The van der Waals surface area contributed by atoms with Crippen LogP contribution in [0.3, 0.4) is 0 Å². The van der Waals surface area contributed by atoms with Gasteiger partial charge in [-0.1, -0.05) is 29.3 Å². The number of benzene rings is 1. The van der Waals surface area contributed by atoms with Crippen molar-refractivity contribution in [3.8, 4) is 0 Å². The number of rotatable bonds is 7. The first-order valence-electron chi connectivity index (χ1n) is 9.10. The zero-order valence-electron chi connectivity index (χ0n) is 17.1. The summed E-state index contributed by atoms with van der Waals surface area (Å²) in [5.41, 5.74) is 2.24. The number of halogens is 2. The number of methoxy groups -OCH3 is 1. The maximum Gasteiger partial charge on any atom is 0.293 e. The summed E-state index contributed by atoms with van der Waals surface area (Å²) >= 11 is 12.1. The highest BCUT2D eigenvalue weighted by Gasteiger charge is 2.11. The topological polar surface area (TPSA) is 95.5 Å². The number of hydrogen-bond acceptors (Lipinski definition) is 5. The van der Waals surface area contributed by atoms with Crippen LogP contribution in [-0.2, 0) is 9.53 Å². The van der Waals surface area contributed by atoms with Crippen LogP contribution < -0.4 is 5.32 Å². The summed E-state index contributed by atoms with van der Waals surface area (Å²) in [4.78, 5) is 29.7. The lowest BCUT2D eigenvalue weighted by atomic mass is 10.2. The number of anilines is 1. The highest BCUT2D eigenvalue weighted by molar-refractivity contribution is 6.42. The molecule has 0 aliphatic carbocycles. The summed E-state index contributed by atoms with van der Waals surface area (Å²) in [6.07, 6.45) is 9.66. The molecule has 10 heteroatoms. The van der Waals surface area contributed by atoms with Crippen LogP contribution in [0.25, 0.3) is 17.0 Å². The number of aromatic nitrogens is 3. The third kappa shape index (κ3) is 6.07. The molecule has 2 heterocycles. The number of carbonyl (C=O) groups is 1. The monoisotopic (exact) mass is 458 g/mol. The van der Waals surface area contributed by atoms with E-state index in [-0.39, 0.29) is 11.7 Å². The lowest BCUT2D eigenvalue weighted by molar-refractivity contribution is -0.115. The summed E-state index contributed by atoms with van der Waals surface area (Å²) in [5.74, 6) is -0.242. The van der Waals surface area contributed by atoms with Gasteiger partial charge in [-0.25, -0.2) is 15.0 Å². The quantitative estimate of drug-likeness (QED) is 0.176. The van der Waals surface area contributed by atoms with E-state index in [2.05, 4.69) is 25.3 Å². The maximum absolute atomic E-state index is 12.4. The standard InChI is InChI=1S/C21H20Cl2N6O2/c1-29(2)12-26-15-10-24-21(25-11-15)28-20(30)19(31-3)6-4-5-14-7-13-8-16(22)17(23)9-18(13)27-14/h4-12,27H,1-3H3,(H,24,25,28,30)/b5-4+,19-6-,26-12?. The first-order chi connectivity index (χ1) is 14.9. The van der Waals surface area contributed by atoms with Crippen molar-refractivity contribution in [2.24, 2.45) is 4.99 Å². The van der Waals surface area contributed by atoms with E-state index < -0.39 is 5.91 Å². The van der Waals surface area contributed by atoms with Crippen LogP contribution >= 0.6 is 23.2 Å². The zero-order valence-corrected chi connectivity index (χ0v) is 18.6. The van der Waals surface area contributed by atoms with E-state index in [1.165, 1.54) is 25.6 Å². The average Bonchev–Trinajstić information content (AvgIpc) is 3.12. The van der Waals surface area contributed by atoms with Crippen LogP contribution in [0, 0.1) is 0 Å². The molecule has 31 heavy (non-hydrogen) atoms. The normalized spacial score (nSPS) is 12.1. The molecule has 0 fully saturated rings. The number of nitrogens with one attached hydrogen (secondary N) is 2. The Morgan fingerprint density at radius 3 is 2.58 bits per heavy atom. The number of amides is 1. The van der Waals surface area contributed by atoms with Gasteiger partial charge in [-0.15, -0.1) is 0 Å². The predicted octanol–water partition coefficient (Wildman–Crippen LogP) is 4.67. The number of H-pyrrole nitrogens is 1. The smallest absolute Gasteiger partial charge is 0.293 e. The maximum atomic E-state index is 12.4. The van der Waals surface area contributed by atoms with E-state index in [1.54, 1.807) is 35.5 Å². The Morgan fingerprint density at radius 1 is 1.19 bits per heavy atom. The minimum atomic E-state index is -0.480. The van der Waals surface area contributed by atoms with E-state index in [0.29, 0.717) is 15.7 Å². The molecule has 160 valence electrons. The molecule has 0 saturated heterocycles. The van der Waals surface area contributed by atoms with Gasteiger partial charge >= 0.3 is 0 Å². The molecule has 0 atom stereocenters. The Kier molecular flexibility index (Phi) is 7.28. The van der Waals surface area contributed by atoms with E-state index in [9.17, 15) is 4.79 Å².